The average molecular weight is 298 g/mol. The Kier molecular flexibility index (Phi) is 3.87. The number of nitrogens with two attached hydrogens (primary N) is 1. The van der Waals surface area contributed by atoms with Crippen molar-refractivity contribution in [3.63, 3.8) is 0 Å². The normalized spacial score (nSPS) is 22.4. The van der Waals surface area contributed by atoms with Crippen molar-refractivity contribution in [2.24, 2.45) is 5.73 Å². The van der Waals surface area contributed by atoms with Gasteiger partial charge in [0.1, 0.15) is 0 Å². The number of aliphatic hydroxyl groups excluding tert-OH is 1. The van der Waals surface area contributed by atoms with Crippen molar-refractivity contribution in [1.29, 1.82) is 0 Å². The molecule has 1 fully saturated rings. The number of β-amino-alcohol motifs (C(OH)–C–C–N with tert-alkyl or cyclic N) is 1. The lowest BCUT2D eigenvalue weighted by Gasteiger charge is -2.34. The minimum Gasteiger partial charge on any atom is -0.395 e. The molecule has 108 valence electrons. The first-order valence-electron chi connectivity index (χ1n) is 6.13. The van der Waals surface area contributed by atoms with E-state index in [1.54, 1.807) is 31.3 Å². The van der Waals surface area contributed by atoms with Gasteiger partial charge in [0, 0.05) is 18.6 Å². The first-order valence-corrected chi connectivity index (χ1v) is 6.51. The van der Waals surface area contributed by atoms with Gasteiger partial charge in [0.2, 0.25) is 5.91 Å². The molecule has 6 nitrogen and oxygen atoms in total. The Bertz CT molecular complexity index is 534. The van der Waals surface area contributed by atoms with Gasteiger partial charge >= 0.3 is 6.03 Å². The standard InChI is InChI=1S/C13H16ClN3O3/c1-16-8-13(11(15)19,17(6-7-18)12(16)20)9-2-4-10(14)5-3-9/h2-5,18H,6-8H2,1H3,(H2,15,19). The molecule has 0 radical (unpaired) electrons. The number of halogens is 1. The number of hydrogen-bond donors (Lipinski definition) is 2. The summed E-state index contributed by atoms with van der Waals surface area (Å²) in [6, 6.07) is 6.28. The second-order valence-electron chi connectivity index (χ2n) is 4.75. The minimum atomic E-state index is -1.28. The van der Waals surface area contributed by atoms with Crippen LogP contribution in [0.3, 0.4) is 0 Å². The molecule has 0 aliphatic carbocycles. The van der Waals surface area contributed by atoms with Gasteiger partial charge in [-0.25, -0.2) is 4.79 Å². The summed E-state index contributed by atoms with van der Waals surface area (Å²) in [4.78, 5) is 27.0. The molecule has 1 heterocycles. The molecular formula is C13H16ClN3O3. The highest BCUT2D eigenvalue weighted by Gasteiger charge is 2.53. The van der Waals surface area contributed by atoms with E-state index >= 15 is 0 Å². The van der Waals surface area contributed by atoms with Gasteiger partial charge in [0.25, 0.3) is 0 Å². The number of primary amides is 1. The van der Waals surface area contributed by atoms with Crippen molar-refractivity contribution in [2.75, 3.05) is 26.7 Å². The summed E-state index contributed by atoms with van der Waals surface area (Å²) in [7, 11) is 1.59. The van der Waals surface area contributed by atoms with E-state index in [1.807, 2.05) is 0 Å². The van der Waals surface area contributed by atoms with Crippen LogP contribution in [-0.4, -0.2) is 53.6 Å². The number of carbonyl (C=O) groups excluding carboxylic acids is 2. The molecule has 0 aromatic heterocycles. The third-order valence-electron chi connectivity index (χ3n) is 3.54. The van der Waals surface area contributed by atoms with Crippen LogP contribution in [0.2, 0.25) is 5.02 Å². The largest absolute Gasteiger partial charge is 0.395 e. The molecule has 1 aliphatic rings. The van der Waals surface area contributed by atoms with Gasteiger partial charge in [-0.05, 0) is 17.7 Å². The highest BCUT2D eigenvalue weighted by atomic mass is 35.5. The topological polar surface area (TPSA) is 86.9 Å². The van der Waals surface area contributed by atoms with Crippen LogP contribution in [0.25, 0.3) is 0 Å². The molecule has 7 heteroatoms. The van der Waals surface area contributed by atoms with Gasteiger partial charge in [-0.1, -0.05) is 23.7 Å². The van der Waals surface area contributed by atoms with E-state index < -0.39 is 11.4 Å². The van der Waals surface area contributed by atoms with Crippen molar-refractivity contribution < 1.29 is 14.7 Å². The first kappa shape index (κ1) is 14.6. The fourth-order valence-electron chi connectivity index (χ4n) is 2.58. The number of nitrogens with zero attached hydrogens (tertiary/aromatic N) is 2. The van der Waals surface area contributed by atoms with E-state index in [4.69, 9.17) is 22.4 Å². The predicted octanol–water partition coefficient (Wildman–Crippen LogP) is 0.380. The summed E-state index contributed by atoms with van der Waals surface area (Å²) in [5.41, 5.74) is 4.88. The molecule has 3 amide bonds. The number of hydrogen-bond acceptors (Lipinski definition) is 3. The maximum absolute atomic E-state index is 12.2. The van der Waals surface area contributed by atoms with Gasteiger partial charge in [-0.15, -0.1) is 0 Å². The SMILES string of the molecule is CN1CC(C(N)=O)(c2ccc(Cl)cc2)N(CCO)C1=O. The minimum absolute atomic E-state index is 0.0364. The summed E-state index contributed by atoms with van der Waals surface area (Å²) in [5, 5.41) is 9.68. The van der Waals surface area contributed by atoms with E-state index in [-0.39, 0.29) is 25.7 Å². The average Bonchev–Trinajstić information content (AvgIpc) is 2.66. The van der Waals surface area contributed by atoms with Gasteiger partial charge in [-0.3, -0.25) is 4.79 Å². The van der Waals surface area contributed by atoms with Crippen LogP contribution >= 0.6 is 11.6 Å². The number of urea groups is 1. The zero-order valence-corrected chi connectivity index (χ0v) is 11.8. The lowest BCUT2D eigenvalue weighted by Crippen LogP contribution is -2.54. The van der Waals surface area contributed by atoms with Crippen molar-refractivity contribution >= 4 is 23.5 Å². The van der Waals surface area contributed by atoms with E-state index in [2.05, 4.69) is 0 Å². The highest BCUT2D eigenvalue weighted by molar-refractivity contribution is 6.30. The molecule has 2 rings (SSSR count). The lowest BCUT2D eigenvalue weighted by molar-refractivity contribution is -0.127. The summed E-state index contributed by atoms with van der Waals surface area (Å²) in [5.74, 6) is -0.633. The summed E-state index contributed by atoms with van der Waals surface area (Å²) >= 11 is 5.85. The lowest BCUT2D eigenvalue weighted by atomic mass is 9.88. The third-order valence-corrected chi connectivity index (χ3v) is 3.79. The molecule has 1 unspecified atom stereocenters. The van der Waals surface area contributed by atoms with Crippen molar-refractivity contribution in [3.05, 3.63) is 34.9 Å². The Hall–Kier alpha value is -1.79. The van der Waals surface area contributed by atoms with Gasteiger partial charge in [0.15, 0.2) is 5.54 Å². The zero-order chi connectivity index (χ0) is 14.9. The molecule has 1 aliphatic heterocycles. The molecule has 0 bridgehead atoms. The van der Waals surface area contributed by atoms with Crippen LogP contribution < -0.4 is 5.73 Å². The maximum atomic E-state index is 12.2. The second-order valence-corrected chi connectivity index (χ2v) is 5.18. The van der Waals surface area contributed by atoms with Gasteiger partial charge in [-0.2, -0.15) is 0 Å². The fourth-order valence-corrected chi connectivity index (χ4v) is 2.70. The van der Waals surface area contributed by atoms with Crippen molar-refractivity contribution in [3.8, 4) is 0 Å². The van der Waals surface area contributed by atoms with E-state index in [9.17, 15) is 9.59 Å². The number of carbonyl (C=O) groups is 2. The fraction of sp³-hybridized carbons (Fsp3) is 0.385. The van der Waals surface area contributed by atoms with Crippen LogP contribution in [-0.2, 0) is 10.3 Å². The van der Waals surface area contributed by atoms with E-state index in [0.29, 0.717) is 10.6 Å². The molecule has 3 N–H and O–H groups in total. The van der Waals surface area contributed by atoms with Crippen LogP contribution in [0.4, 0.5) is 4.79 Å². The molecule has 1 atom stereocenters. The Morgan fingerprint density at radius 2 is 2.05 bits per heavy atom. The van der Waals surface area contributed by atoms with Gasteiger partial charge in [0.05, 0.1) is 13.2 Å². The number of benzene rings is 1. The molecule has 0 spiro atoms. The quantitative estimate of drug-likeness (QED) is 0.842. The van der Waals surface area contributed by atoms with E-state index in [1.165, 1.54) is 9.80 Å². The Balaban J connectivity index is 2.56. The smallest absolute Gasteiger partial charge is 0.321 e. The Morgan fingerprint density at radius 1 is 1.45 bits per heavy atom. The molecule has 0 saturated carbocycles. The molecule has 20 heavy (non-hydrogen) atoms. The number of likely N-dealkylation sites (N-methyl/N-ethyl adjacent to an activating group) is 1. The Morgan fingerprint density at radius 3 is 2.55 bits per heavy atom. The number of aliphatic hydroxyl groups is 1. The molecule has 1 saturated heterocycles. The van der Waals surface area contributed by atoms with E-state index in [0.717, 1.165) is 0 Å². The summed E-state index contributed by atoms with van der Waals surface area (Å²) in [6.45, 7) is -0.0697. The van der Waals surface area contributed by atoms with Crippen molar-refractivity contribution in [2.45, 2.75) is 5.54 Å². The van der Waals surface area contributed by atoms with Crippen LogP contribution in [0.1, 0.15) is 5.56 Å². The van der Waals surface area contributed by atoms with Gasteiger partial charge < -0.3 is 20.6 Å². The Labute approximate surface area is 121 Å². The molecular weight excluding hydrogens is 282 g/mol. The molecule has 1 aromatic carbocycles. The monoisotopic (exact) mass is 297 g/mol. The third kappa shape index (κ3) is 2.10. The van der Waals surface area contributed by atoms with Crippen LogP contribution in [0.15, 0.2) is 24.3 Å². The summed E-state index contributed by atoms with van der Waals surface area (Å²) in [6.07, 6.45) is 0. The second kappa shape index (κ2) is 5.30. The zero-order valence-electron chi connectivity index (χ0n) is 11.0. The maximum Gasteiger partial charge on any atom is 0.321 e. The number of rotatable bonds is 4. The van der Waals surface area contributed by atoms with Crippen molar-refractivity contribution in [1.82, 2.24) is 9.80 Å². The van der Waals surface area contributed by atoms with Crippen LogP contribution in [0.5, 0.6) is 0 Å². The first-order chi connectivity index (χ1) is 9.43. The molecule has 1 aromatic rings. The highest BCUT2D eigenvalue weighted by Crippen LogP contribution is 2.35. The van der Waals surface area contributed by atoms with Crippen LogP contribution in [0, 0.1) is 0 Å². The summed E-state index contributed by atoms with van der Waals surface area (Å²) < 4.78 is 0. The number of amides is 3. The predicted molar refractivity (Wildman–Crippen MR) is 74.1 cm³/mol.